The van der Waals surface area contributed by atoms with Gasteiger partial charge in [-0.1, -0.05) is 0 Å². The van der Waals surface area contributed by atoms with E-state index in [1.54, 1.807) is 20.3 Å². The largest absolute Gasteiger partial charge is 0.497 e. The van der Waals surface area contributed by atoms with Crippen molar-refractivity contribution in [3.05, 3.63) is 40.7 Å². The van der Waals surface area contributed by atoms with Gasteiger partial charge in [-0.2, -0.15) is 5.10 Å². The monoisotopic (exact) mass is 371 g/mol. The van der Waals surface area contributed by atoms with E-state index in [0.29, 0.717) is 42.9 Å². The number of aromatic nitrogens is 2. The van der Waals surface area contributed by atoms with Crippen molar-refractivity contribution in [2.75, 3.05) is 20.8 Å². The Morgan fingerprint density at radius 1 is 1.26 bits per heavy atom. The zero-order valence-corrected chi connectivity index (χ0v) is 15.8. The van der Waals surface area contributed by atoms with Gasteiger partial charge in [0.2, 0.25) is 0 Å². The summed E-state index contributed by atoms with van der Waals surface area (Å²) in [6.07, 6.45) is 3.32. The molecule has 1 aromatic heterocycles. The number of fused-ring (bicyclic) bond motifs is 1. The SMILES string of the molecule is COc1cc(CNC(=O)c2nn(CC3CC3)c3c2COCC3)cc(OC)c1. The van der Waals surface area contributed by atoms with E-state index in [4.69, 9.17) is 14.2 Å². The predicted molar refractivity (Wildman–Crippen MR) is 99.0 cm³/mol. The normalized spacial score (nSPS) is 15.9. The van der Waals surface area contributed by atoms with E-state index in [1.807, 2.05) is 16.8 Å². The molecule has 1 aromatic carbocycles. The van der Waals surface area contributed by atoms with Crippen molar-refractivity contribution >= 4 is 5.91 Å². The van der Waals surface area contributed by atoms with Crippen LogP contribution in [0.5, 0.6) is 11.5 Å². The molecule has 7 heteroatoms. The van der Waals surface area contributed by atoms with Crippen LogP contribution in [-0.4, -0.2) is 36.5 Å². The molecule has 1 amide bonds. The minimum atomic E-state index is -0.173. The number of benzene rings is 1. The topological polar surface area (TPSA) is 74.6 Å². The first-order chi connectivity index (χ1) is 13.2. The Morgan fingerprint density at radius 2 is 2.00 bits per heavy atom. The highest BCUT2D eigenvalue weighted by Gasteiger charge is 2.29. The maximum absolute atomic E-state index is 12.8. The van der Waals surface area contributed by atoms with E-state index in [1.165, 1.54) is 12.8 Å². The summed E-state index contributed by atoms with van der Waals surface area (Å²) in [4.78, 5) is 12.8. The lowest BCUT2D eigenvalue weighted by Crippen LogP contribution is -2.25. The van der Waals surface area contributed by atoms with Crippen molar-refractivity contribution < 1.29 is 19.0 Å². The Hall–Kier alpha value is -2.54. The van der Waals surface area contributed by atoms with Crippen molar-refractivity contribution in [1.29, 1.82) is 0 Å². The summed E-state index contributed by atoms with van der Waals surface area (Å²) in [5.41, 5.74) is 3.48. The number of nitrogens with one attached hydrogen (secondary N) is 1. The summed E-state index contributed by atoms with van der Waals surface area (Å²) in [5, 5.41) is 7.60. The van der Waals surface area contributed by atoms with E-state index in [0.717, 1.165) is 29.8 Å². The van der Waals surface area contributed by atoms with Gasteiger partial charge >= 0.3 is 0 Å². The standard InChI is InChI=1S/C20H25N3O4/c1-25-15-7-14(8-16(9-15)26-2)10-21-20(24)19-17-12-27-6-5-18(17)23(22-19)11-13-3-4-13/h7-9,13H,3-6,10-12H2,1-2H3,(H,21,24). The van der Waals surface area contributed by atoms with Crippen LogP contribution in [0.25, 0.3) is 0 Å². The molecule has 1 aliphatic heterocycles. The molecule has 2 heterocycles. The van der Waals surface area contributed by atoms with Gasteiger partial charge in [0.1, 0.15) is 11.5 Å². The summed E-state index contributed by atoms with van der Waals surface area (Å²) in [6.45, 7) is 2.42. The molecule has 0 spiro atoms. The van der Waals surface area contributed by atoms with Gasteiger partial charge in [0.05, 0.1) is 27.4 Å². The fourth-order valence-corrected chi connectivity index (χ4v) is 3.42. The molecule has 144 valence electrons. The van der Waals surface area contributed by atoms with Crippen molar-refractivity contribution in [2.45, 2.75) is 39.0 Å². The van der Waals surface area contributed by atoms with Crippen LogP contribution in [0.1, 0.15) is 40.2 Å². The third kappa shape index (κ3) is 3.93. The van der Waals surface area contributed by atoms with Gasteiger partial charge in [0.25, 0.3) is 5.91 Å². The van der Waals surface area contributed by atoms with Crippen molar-refractivity contribution in [3.63, 3.8) is 0 Å². The summed E-state index contributed by atoms with van der Waals surface area (Å²) in [6, 6.07) is 5.57. The van der Waals surface area contributed by atoms with Gasteiger partial charge < -0.3 is 19.5 Å². The summed E-state index contributed by atoms with van der Waals surface area (Å²) in [5.74, 6) is 1.92. The van der Waals surface area contributed by atoms with Crippen molar-refractivity contribution in [3.8, 4) is 11.5 Å². The number of hydrogen-bond donors (Lipinski definition) is 1. The highest BCUT2D eigenvalue weighted by Crippen LogP contribution is 2.32. The number of rotatable bonds is 7. The number of amides is 1. The molecule has 1 N–H and O–H groups in total. The average Bonchev–Trinajstić information content (AvgIpc) is 3.45. The van der Waals surface area contributed by atoms with Gasteiger partial charge in [-0.15, -0.1) is 0 Å². The third-order valence-electron chi connectivity index (χ3n) is 5.10. The second-order valence-electron chi connectivity index (χ2n) is 7.11. The molecular formula is C20H25N3O4. The van der Waals surface area contributed by atoms with Gasteiger partial charge in [-0.05, 0) is 36.5 Å². The van der Waals surface area contributed by atoms with Gasteiger partial charge in [0.15, 0.2) is 5.69 Å². The molecule has 4 rings (SSSR count). The highest BCUT2D eigenvalue weighted by molar-refractivity contribution is 5.94. The fourth-order valence-electron chi connectivity index (χ4n) is 3.42. The first kappa shape index (κ1) is 17.9. The number of methoxy groups -OCH3 is 2. The Morgan fingerprint density at radius 3 is 2.67 bits per heavy atom. The Balaban J connectivity index is 1.50. The van der Waals surface area contributed by atoms with Crippen LogP contribution in [0.4, 0.5) is 0 Å². The molecule has 0 saturated heterocycles. The molecule has 1 fully saturated rings. The second-order valence-corrected chi connectivity index (χ2v) is 7.11. The minimum absolute atomic E-state index is 0.173. The molecule has 2 aliphatic rings. The quantitative estimate of drug-likeness (QED) is 0.808. The maximum Gasteiger partial charge on any atom is 0.272 e. The molecule has 1 aliphatic carbocycles. The van der Waals surface area contributed by atoms with Crippen LogP contribution in [0, 0.1) is 5.92 Å². The van der Waals surface area contributed by atoms with Gasteiger partial charge in [-0.3, -0.25) is 9.48 Å². The molecule has 0 radical (unpaired) electrons. The molecule has 0 unspecified atom stereocenters. The smallest absolute Gasteiger partial charge is 0.272 e. The van der Waals surface area contributed by atoms with Gasteiger partial charge in [-0.25, -0.2) is 0 Å². The fraction of sp³-hybridized carbons (Fsp3) is 0.500. The summed E-state index contributed by atoms with van der Waals surface area (Å²) < 4.78 is 18.2. The third-order valence-corrected chi connectivity index (χ3v) is 5.10. The summed E-state index contributed by atoms with van der Waals surface area (Å²) in [7, 11) is 3.21. The molecule has 0 bridgehead atoms. The first-order valence-corrected chi connectivity index (χ1v) is 9.34. The first-order valence-electron chi connectivity index (χ1n) is 9.34. The molecule has 27 heavy (non-hydrogen) atoms. The lowest BCUT2D eigenvalue weighted by Gasteiger charge is -2.15. The Kier molecular flexibility index (Phi) is 5.03. The lowest BCUT2D eigenvalue weighted by molar-refractivity contribution is 0.0922. The average molecular weight is 371 g/mol. The van der Waals surface area contributed by atoms with Crippen LogP contribution in [0.3, 0.4) is 0 Å². The number of nitrogens with zero attached hydrogens (tertiary/aromatic N) is 2. The molecule has 1 saturated carbocycles. The van der Waals surface area contributed by atoms with E-state index in [-0.39, 0.29) is 5.91 Å². The number of ether oxygens (including phenoxy) is 3. The van der Waals surface area contributed by atoms with Crippen molar-refractivity contribution in [1.82, 2.24) is 15.1 Å². The van der Waals surface area contributed by atoms with Crippen LogP contribution < -0.4 is 14.8 Å². The highest BCUT2D eigenvalue weighted by atomic mass is 16.5. The van der Waals surface area contributed by atoms with E-state index in [9.17, 15) is 4.79 Å². The van der Waals surface area contributed by atoms with E-state index < -0.39 is 0 Å². The molecule has 2 aromatic rings. The van der Waals surface area contributed by atoms with Crippen LogP contribution in [0.2, 0.25) is 0 Å². The second kappa shape index (κ2) is 7.60. The molecule has 0 atom stereocenters. The predicted octanol–water partition coefficient (Wildman–Crippen LogP) is 2.31. The van der Waals surface area contributed by atoms with Crippen molar-refractivity contribution in [2.24, 2.45) is 5.92 Å². The lowest BCUT2D eigenvalue weighted by atomic mass is 10.1. The maximum atomic E-state index is 12.8. The van der Waals surface area contributed by atoms with E-state index in [2.05, 4.69) is 10.4 Å². The van der Waals surface area contributed by atoms with Crippen LogP contribution >= 0.6 is 0 Å². The minimum Gasteiger partial charge on any atom is -0.497 e. The Bertz CT molecular complexity index is 820. The van der Waals surface area contributed by atoms with Crippen LogP contribution in [0.15, 0.2) is 18.2 Å². The number of hydrogen-bond acceptors (Lipinski definition) is 5. The number of carbonyl (C=O) groups is 1. The zero-order valence-electron chi connectivity index (χ0n) is 15.8. The zero-order chi connectivity index (χ0) is 18.8. The van der Waals surface area contributed by atoms with E-state index >= 15 is 0 Å². The summed E-state index contributed by atoms with van der Waals surface area (Å²) >= 11 is 0. The van der Waals surface area contributed by atoms with Crippen LogP contribution in [-0.2, 0) is 30.9 Å². The van der Waals surface area contributed by atoms with Gasteiger partial charge in [0, 0.05) is 36.8 Å². The number of carbonyl (C=O) groups excluding carboxylic acids is 1. The molecular weight excluding hydrogens is 346 g/mol. The molecule has 7 nitrogen and oxygen atoms in total. The Labute approximate surface area is 158 Å².